The van der Waals surface area contributed by atoms with E-state index in [9.17, 15) is 9.59 Å². The molecule has 1 aromatic heterocycles. The second-order valence-electron chi connectivity index (χ2n) is 8.37. The van der Waals surface area contributed by atoms with Gasteiger partial charge in [-0.05, 0) is 61.7 Å². The highest BCUT2D eigenvalue weighted by molar-refractivity contribution is 6.31. The number of carbonyl (C=O) groups is 2. The van der Waals surface area contributed by atoms with E-state index < -0.39 is 6.04 Å². The Morgan fingerprint density at radius 3 is 2.82 bits per heavy atom. The maximum atomic E-state index is 13.2. The van der Waals surface area contributed by atoms with Crippen molar-refractivity contribution in [3.05, 3.63) is 88.5 Å². The van der Waals surface area contributed by atoms with Crippen molar-refractivity contribution in [3.8, 4) is 0 Å². The third-order valence-electron chi connectivity index (χ3n) is 6.12. The lowest BCUT2D eigenvalue weighted by Gasteiger charge is -2.33. The second-order valence-corrected chi connectivity index (χ2v) is 8.78. The number of ketones is 1. The summed E-state index contributed by atoms with van der Waals surface area (Å²) in [5.74, 6) is 0.490. The van der Waals surface area contributed by atoms with Crippen molar-refractivity contribution in [3.63, 3.8) is 0 Å². The first-order valence-corrected chi connectivity index (χ1v) is 11.4. The maximum Gasteiger partial charge on any atom is 0.243 e. The molecule has 3 aromatic rings. The molecule has 1 atom stereocenters. The van der Waals surface area contributed by atoms with Crippen molar-refractivity contribution < 1.29 is 14.0 Å². The van der Waals surface area contributed by atoms with Gasteiger partial charge in [0.05, 0.1) is 24.2 Å². The van der Waals surface area contributed by atoms with Crippen LogP contribution in [0.4, 0.5) is 17.1 Å². The Balaban J connectivity index is 1.56. The average Bonchev–Trinajstić information content (AvgIpc) is 3.28. The molecule has 5 rings (SSSR count). The van der Waals surface area contributed by atoms with Gasteiger partial charge in [-0.3, -0.25) is 9.59 Å². The van der Waals surface area contributed by atoms with E-state index in [2.05, 4.69) is 10.6 Å². The standard InChI is InChI=1S/C26H24ClN3O3/c1-16-11-12-17(14-18(16)27)28-24(32)15-30-21-8-3-2-6-19(21)29-20-7-4-9-22(31)25(20)26(30)23-10-5-13-33-23/h2-3,5-6,8,10-14,26,29H,4,7,9,15H2,1H3,(H,28,32)/t26-/m1/s1. The molecule has 1 aliphatic heterocycles. The number of benzene rings is 2. The lowest BCUT2D eigenvalue weighted by Crippen LogP contribution is -2.38. The SMILES string of the molecule is Cc1ccc(NC(=O)CN2c3ccccc3NC3=C(C(=O)CCC3)[C@H]2c2ccco2)cc1Cl. The van der Waals surface area contributed by atoms with Crippen LogP contribution in [0.5, 0.6) is 0 Å². The molecule has 0 unspecified atom stereocenters. The van der Waals surface area contributed by atoms with Gasteiger partial charge in [-0.1, -0.05) is 29.8 Å². The summed E-state index contributed by atoms with van der Waals surface area (Å²) in [5.41, 5.74) is 4.82. The number of halogens is 1. The molecule has 1 aliphatic carbocycles. The number of nitrogens with zero attached hydrogens (tertiary/aromatic N) is 1. The molecular formula is C26H24ClN3O3. The maximum absolute atomic E-state index is 13.2. The van der Waals surface area contributed by atoms with Crippen molar-refractivity contribution >= 4 is 40.4 Å². The van der Waals surface area contributed by atoms with Crippen molar-refractivity contribution in [2.24, 2.45) is 0 Å². The number of para-hydroxylation sites is 2. The zero-order chi connectivity index (χ0) is 22.9. The van der Waals surface area contributed by atoms with E-state index in [4.69, 9.17) is 16.0 Å². The fourth-order valence-corrected chi connectivity index (χ4v) is 4.72. The average molecular weight is 462 g/mol. The Hall–Kier alpha value is -3.51. The number of amides is 1. The summed E-state index contributed by atoms with van der Waals surface area (Å²) in [4.78, 5) is 28.3. The van der Waals surface area contributed by atoms with Crippen LogP contribution in [-0.2, 0) is 9.59 Å². The smallest absolute Gasteiger partial charge is 0.243 e. The number of hydrogen-bond donors (Lipinski definition) is 2. The molecule has 0 bridgehead atoms. The summed E-state index contributed by atoms with van der Waals surface area (Å²) >= 11 is 6.23. The molecule has 0 spiro atoms. The van der Waals surface area contributed by atoms with Crippen LogP contribution in [0.3, 0.4) is 0 Å². The van der Waals surface area contributed by atoms with Gasteiger partial charge in [-0.2, -0.15) is 0 Å². The molecular weight excluding hydrogens is 438 g/mol. The number of hydrogen-bond acceptors (Lipinski definition) is 5. The molecule has 2 heterocycles. The molecule has 168 valence electrons. The minimum Gasteiger partial charge on any atom is -0.467 e. The van der Waals surface area contributed by atoms with Crippen LogP contribution in [0.1, 0.15) is 36.6 Å². The molecule has 0 radical (unpaired) electrons. The molecule has 33 heavy (non-hydrogen) atoms. The number of anilines is 3. The Bertz CT molecular complexity index is 1250. The Morgan fingerprint density at radius 2 is 2.03 bits per heavy atom. The number of nitrogens with one attached hydrogen (secondary N) is 2. The minimum atomic E-state index is -0.508. The molecule has 0 fully saturated rings. The van der Waals surface area contributed by atoms with Crippen molar-refractivity contribution in [2.45, 2.75) is 32.2 Å². The van der Waals surface area contributed by atoms with Crippen molar-refractivity contribution in [1.82, 2.24) is 0 Å². The summed E-state index contributed by atoms with van der Waals surface area (Å²) in [6, 6.07) is 16.4. The fraction of sp³-hybridized carbons (Fsp3) is 0.231. The number of allylic oxidation sites excluding steroid dienone is 1. The highest BCUT2D eigenvalue weighted by Crippen LogP contribution is 2.44. The molecule has 2 aromatic carbocycles. The van der Waals surface area contributed by atoms with E-state index in [1.807, 2.05) is 54.3 Å². The van der Waals surface area contributed by atoms with Gasteiger partial charge in [0, 0.05) is 28.4 Å². The first kappa shape index (κ1) is 21.3. The lowest BCUT2D eigenvalue weighted by atomic mass is 9.88. The monoisotopic (exact) mass is 461 g/mol. The van der Waals surface area contributed by atoms with Gasteiger partial charge in [-0.15, -0.1) is 0 Å². The summed E-state index contributed by atoms with van der Waals surface area (Å²) in [6.45, 7) is 1.94. The topological polar surface area (TPSA) is 74.6 Å². The fourth-order valence-electron chi connectivity index (χ4n) is 4.54. The van der Waals surface area contributed by atoms with Gasteiger partial charge in [0.1, 0.15) is 11.8 Å². The number of furan rings is 1. The first-order valence-electron chi connectivity index (χ1n) is 11.0. The zero-order valence-electron chi connectivity index (χ0n) is 18.2. The van der Waals surface area contributed by atoms with Crippen LogP contribution >= 0.6 is 11.6 Å². The first-order chi connectivity index (χ1) is 16.0. The molecule has 6 nitrogen and oxygen atoms in total. The summed E-state index contributed by atoms with van der Waals surface area (Å²) < 4.78 is 5.79. The third-order valence-corrected chi connectivity index (χ3v) is 6.53. The Kier molecular flexibility index (Phi) is 5.68. The quantitative estimate of drug-likeness (QED) is 0.509. The molecule has 2 aliphatic rings. The Morgan fingerprint density at radius 1 is 1.18 bits per heavy atom. The van der Waals surface area contributed by atoms with Crippen LogP contribution in [-0.4, -0.2) is 18.2 Å². The number of carbonyl (C=O) groups excluding carboxylic acids is 2. The number of Topliss-reactive ketones (excluding diaryl/α,β-unsaturated/α-hetero) is 1. The minimum absolute atomic E-state index is 0.0274. The molecule has 0 saturated heterocycles. The van der Waals surface area contributed by atoms with E-state index in [0.717, 1.165) is 35.5 Å². The second kappa shape index (κ2) is 8.79. The van der Waals surface area contributed by atoms with Crippen LogP contribution in [0.25, 0.3) is 0 Å². The summed E-state index contributed by atoms with van der Waals surface area (Å²) in [7, 11) is 0. The van der Waals surface area contributed by atoms with Crippen LogP contribution in [0.2, 0.25) is 5.02 Å². The summed E-state index contributed by atoms with van der Waals surface area (Å²) in [6.07, 6.45) is 3.65. The van der Waals surface area contributed by atoms with E-state index in [0.29, 0.717) is 28.5 Å². The van der Waals surface area contributed by atoms with Gasteiger partial charge in [0.25, 0.3) is 0 Å². The van der Waals surface area contributed by atoms with E-state index in [1.165, 1.54) is 0 Å². The zero-order valence-corrected chi connectivity index (χ0v) is 19.0. The van der Waals surface area contributed by atoms with Crippen molar-refractivity contribution in [2.75, 3.05) is 22.1 Å². The largest absolute Gasteiger partial charge is 0.467 e. The molecule has 1 amide bonds. The van der Waals surface area contributed by atoms with E-state index in [-0.39, 0.29) is 18.2 Å². The number of aryl methyl sites for hydroxylation is 1. The van der Waals surface area contributed by atoms with Gasteiger partial charge >= 0.3 is 0 Å². The van der Waals surface area contributed by atoms with E-state index in [1.54, 1.807) is 18.4 Å². The highest BCUT2D eigenvalue weighted by Gasteiger charge is 2.38. The number of fused-ring (bicyclic) bond motifs is 1. The number of rotatable bonds is 4. The highest BCUT2D eigenvalue weighted by atomic mass is 35.5. The van der Waals surface area contributed by atoms with Gasteiger partial charge in [0.15, 0.2) is 5.78 Å². The lowest BCUT2D eigenvalue weighted by molar-refractivity contribution is -0.117. The molecule has 2 N–H and O–H groups in total. The van der Waals surface area contributed by atoms with E-state index >= 15 is 0 Å². The van der Waals surface area contributed by atoms with Crippen molar-refractivity contribution in [1.29, 1.82) is 0 Å². The van der Waals surface area contributed by atoms with Crippen LogP contribution in [0.15, 0.2) is 76.5 Å². The molecule has 7 heteroatoms. The summed E-state index contributed by atoms with van der Waals surface area (Å²) in [5, 5.41) is 7.01. The van der Waals surface area contributed by atoms with Gasteiger partial charge < -0.3 is 20.0 Å². The normalized spacial score (nSPS) is 17.7. The third kappa shape index (κ3) is 4.14. The van der Waals surface area contributed by atoms with Crippen LogP contribution < -0.4 is 15.5 Å². The van der Waals surface area contributed by atoms with Crippen LogP contribution in [0, 0.1) is 6.92 Å². The predicted molar refractivity (Wildman–Crippen MR) is 130 cm³/mol. The Labute approximate surface area is 197 Å². The predicted octanol–water partition coefficient (Wildman–Crippen LogP) is 5.86. The van der Waals surface area contributed by atoms with Gasteiger partial charge in [0.2, 0.25) is 5.91 Å². The van der Waals surface area contributed by atoms with Gasteiger partial charge in [-0.25, -0.2) is 0 Å². The molecule has 0 saturated carbocycles.